The highest BCUT2D eigenvalue weighted by atomic mass is 16.7. The largest absolute Gasteiger partial charge is 0.479 e. The number of carbonyl (C=O) groups excluding carboxylic acids is 3. The second-order valence-electron chi connectivity index (χ2n) is 22.0. The van der Waals surface area contributed by atoms with Crippen LogP contribution in [0.15, 0.2) is 85.1 Å². The maximum atomic E-state index is 13.2. The van der Waals surface area contributed by atoms with Crippen molar-refractivity contribution in [2.75, 3.05) is 13.2 Å². The first-order valence-corrected chi connectivity index (χ1v) is 32.6. The molecule has 0 bridgehead atoms. The van der Waals surface area contributed by atoms with Crippen molar-refractivity contribution in [3.8, 4) is 0 Å². The molecule has 12 heteroatoms. The molecule has 1 aliphatic rings. The summed E-state index contributed by atoms with van der Waals surface area (Å²) in [6.07, 6.45) is 61.2. The Bertz CT molecular complexity index is 1730. The van der Waals surface area contributed by atoms with Crippen LogP contribution in [0.4, 0.5) is 0 Å². The van der Waals surface area contributed by atoms with E-state index in [1.54, 1.807) is 0 Å². The fraction of sp³-hybridized carbons (Fsp3) is 0.739. The van der Waals surface area contributed by atoms with Crippen LogP contribution in [0, 0.1) is 0 Å². The molecule has 0 aromatic heterocycles. The highest BCUT2D eigenvalue weighted by molar-refractivity contribution is 5.74. The first-order valence-electron chi connectivity index (χ1n) is 32.6. The van der Waals surface area contributed by atoms with Gasteiger partial charge in [-0.05, 0) is 116 Å². The SMILES string of the molecule is CC/C=C\C/C=C\C/C=C\CCCCCC(=O)OC(COC(=O)CCCCCCCCCCC/C=C\CCCCCCCC)COC1OC(C(=O)O)C(O)C(O)C1OC(=O)CCCCCCCC/C=C\C/C=C\C/C=C\CCCCC. The maximum Gasteiger partial charge on any atom is 0.335 e. The number of aliphatic carboxylic acids is 1. The van der Waals surface area contributed by atoms with E-state index in [0.717, 1.165) is 109 Å². The normalized spacial score (nSPS) is 18.3. The van der Waals surface area contributed by atoms with Crippen LogP contribution in [0.25, 0.3) is 0 Å². The first kappa shape index (κ1) is 74.9. The standard InChI is InChI=1S/C69H116O12/c1-4-7-10-13-16-19-22-25-27-29-31-33-35-38-40-43-46-49-52-55-61(70)77-58-60(79-62(71)56-53-50-47-44-41-37-24-21-18-15-12-9-6-3)59-78-69-67(65(74)64(73)66(81-69)68(75)76)80-63(72)57-54-51-48-45-42-39-36-34-32-30-28-26-23-20-17-14-11-8-5-2/h9,12,17-18,20-21,25-28,32,34,37,41,60,64-67,69,73-74H,4-8,10-11,13-16,19,22-24,29-31,33,35-36,38-40,42-59H2,1-3H3,(H,75,76)/b12-9-,20-17-,21-18-,27-25-,28-26-,34-32-,41-37-. The third-order valence-corrected chi connectivity index (χ3v) is 14.4. The molecule has 0 radical (unpaired) electrons. The Morgan fingerprint density at radius 3 is 1.23 bits per heavy atom. The average molecular weight is 1140 g/mol. The van der Waals surface area contributed by atoms with Gasteiger partial charge in [0, 0.05) is 19.3 Å². The highest BCUT2D eigenvalue weighted by Gasteiger charge is 2.50. The number of unbranched alkanes of at least 4 members (excludes halogenated alkanes) is 27. The summed E-state index contributed by atoms with van der Waals surface area (Å²) in [7, 11) is 0. The zero-order valence-corrected chi connectivity index (χ0v) is 51.3. The van der Waals surface area contributed by atoms with Crippen LogP contribution < -0.4 is 0 Å². The van der Waals surface area contributed by atoms with Crippen molar-refractivity contribution < 1.29 is 58.2 Å². The lowest BCUT2D eigenvalue weighted by Gasteiger charge is -2.40. The number of carbonyl (C=O) groups is 4. The van der Waals surface area contributed by atoms with Gasteiger partial charge in [0.25, 0.3) is 0 Å². The molecule has 1 rings (SSSR count). The fourth-order valence-corrected chi connectivity index (χ4v) is 9.44. The molecule has 6 unspecified atom stereocenters. The minimum Gasteiger partial charge on any atom is -0.479 e. The van der Waals surface area contributed by atoms with Crippen molar-refractivity contribution in [3.05, 3.63) is 85.1 Å². The molecule has 1 heterocycles. The van der Waals surface area contributed by atoms with E-state index in [2.05, 4.69) is 106 Å². The van der Waals surface area contributed by atoms with E-state index in [9.17, 15) is 34.5 Å². The second kappa shape index (κ2) is 56.4. The second-order valence-corrected chi connectivity index (χ2v) is 22.0. The van der Waals surface area contributed by atoms with Gasteiger partial charge in [-0.25, -0.2) is 4.79 Å². The van der Waals surface area contributed by atoms with Crippen LogP contribution in [0.2, 0.25) is 0 Å². The van der Waals surface area contributed by atoms with E-state index in [4.69, 9.17) is 23.7 Å². The molecule has 0 spiro atoms. The number of carboxylic acids is 1. The topological polar surface area (TPSA) is 175 Å². The molecule has 81 heavy (non-hydrogen) atoms. The lowest BCUT2D eigenvalue weighted by Crippen LogP contribution is -2.61. The quantitative estimate of drug-likeness (QED) is 0.0228. The minimum atomic E-state index is -1.92. The number of ether oxygens (including phenoxy) is 5. The number of aliphatic hydroxyl groups is 2. The average Bonchev–Trinajstić information content (AvgIpc) is 3.54. The zero-order chi connectivity index (χ0) is 58.9. The van der Waals surface area contributed by atoms with E-state index in [-0.39, 0.29) is 25.9 Å². The first-order chi connectivity index (χ1) is 39.6. The molecular formula is C69H116O12. The Kier molecular flexibility index (Phi) is 52.1. The van der Waals surface area contributed by atoms with E-state index in [1.165, 1.54) is 109 Å². The molecule has 1 saturated heterocycles. The van der Waals surface area contributed by atoms with Gasteiger partial charge < -0.3 is 39.0 Å². The Morgan fingerprint density at radius 2 is 0.778 bits per heavy atom. The van der Waals surface area contributed by atoms with Gasteiger partial charge in [-0.1, -0.05) is 228 Å². The molecule has 6 atom stereocenters. The maximum absolute atomic E-state index is 13.2. The summed E-state index contributed by atoms with van der Waals surface area (Å²) >= 11 is 0. The van der Waals surface area contributed by atoms with Gasteiger partial charge >= 0.3 is 23.9 Å². The van der Waals surface area contributed by atoms with Crippen molar-refractivity contribution in [2.24, 2.45) is 0 Å². The molecule has 0 aromatic rings. The molecule has 0 aliphatic carbocycles. The van der Waals surface area contributed by atoms with Crippen LogP contribution in [-0.2, 0) is 42.9 Å². The van der Waals surface area contributed by atoms with Crippen LogP contribution >= 0.6 is 0 Å². The third-order valence-electron chi connectivity index (χ3n) is 14.4. The monoisotopic (exact) mass is 1140 g/mol. The summed E-state index contributed by atoms with van der Waals surface area (Å²) < 4.78 is 28.5. The summed E-state index contributed by atoms with van der Waals surface area (Å²) in [5.41, 5.74) is 0. The molecule has 464 valence electrons. The van der Waals surface area contributed by atoms with Gasteiger partial charge in [0.15, 0.2) is 24.6 Å². The number of hydrogen-bond acceptors (Lipinski definition) is 11. The minimum absolute atomic E-state index is 0.0397. The third kappa shape index (κ3) is 46.0. The molecule has 1 fully saturated rings. The van der Waals surface area contributed by atoms with Crippen LogP contribution in [0.5, 0.6) is 0 Å². The highest BCUT2D eigenvalue weighted by Crippen LogP contribution is 2.26. The number of rotatable bonds is 55. The lowest BCUT2D eigenvalue weighted by molar-refractivity contribution is -0.301. The van der Waals surface area contributed by atoms with Gasteiger partial charge in [-0.3, -0.25) is 14.4 Å². The molecule has 1 aliphatic heterocycles. The summed E-state index contributed by atoms with van der Waals surface area (Å²) in [4.78, 5) is 51.3. The number of allylic oxidation sites excluding steroid dienone is 14. The number of esters is 3. The zero-order valence-electron chi connectivity index (χ0n) is 51.3. The van der Waals surface area contributed by atoms with Gasteiger partial charge in [-0.2, -0.15) is 0 Å². The fourth-order valence-electron chi connectivity index (χ4n) is 9.44. The number of carboxylic acid groups (broad SMARTS) is 1. The molecular weight excluding hydrogens is 1020 g/mol. The van der Waals surface area contributed by atoms with E-state index in [1.807, 2.05) is 0 Å². The van der Waals surface area contributed by atoms with Crippen molar-refractivity contribution in [1.29, 1.82) is 0 Å². The smallest absolute Gasteiger partial charge is 0.335 e. The van der Waals surface area contributed by atoms with Gasteiger partial charge in [0.2, 0.25) is 0 Å². The Morgan fingerprint density at radius 1 is 0.420 bits per heavy atom. The Labute approximate surface area is 492 Å². The molecule has 12 nitrogen and oxygen atoms in total. The van der Waals surface area contributed by atoms with Crippen LogP contribution in [-0.4, -0.2) is 89.2 Å². The van der Waals surface area contributed by atoms with Crippen molar-refractivity contribution >= 4 is 23.9 Å². The molecule has 0 amide bonds. The summed E-state index contributed by atoms with van der Waals surface area (Å²) in [6, 6.07) is 0. The summed E-state index contributed by atoms with van der Waals surface area (Å²) in [5.74, 6) is -3.17. The van der Waals surface area contributed by atoms with Crippen molar-refractivity contribution in [3.63, 3.8) is 0 Å². The summed E-state index contributed by atoms with van der Waals surface area (Å²) in [6.45, 7) is 5.84. The molecule has 0 aromatic carbocycles. The number of aliphatic hydroxyl groups excluding tert-OH is 2. The number of hydrogen-bond donors (Lipinski definition) is 3. The van der Waals surface area contributed by atoms with Crippen molar-refractivity contribution in [2.45, 2.75) is 314 Å². The Hall–Kier alpha value is -4.10. The lowest BCUT2D eigenvalue weighted by atomic mass is 9.98. The van der Waals surface area contributed by atoms with E-state index in [0.29, 0.717) is 19.3 Å². The van der Waals surface area contributed by atoms with Gasteiger partial charge in [0.1, 0.15) is 18.8 Å². The molecule has 0 saturated carbocycles. The summed E-state index contributed by atoms with van der Waals surface area (Å²) in [5, 5.41) is 31.6. The van der Waals surface area contributed by atoms with Gasteiger partial charge in [0.05, 0.1) is 6.61 Å². The molecule has 3 N–H and O–H groups in total. The predicted molar refractivity (Wildman–Crippen MR) is 331 cm³/mol. The van der Waals surface area contributed by atoms with Gasteiger partial charge in [-0.15, -0.1) is 0 Å². The van der Waals surface area contributed by atoms with Crippen LogP contribution in [0.3, 0.4) is 0 Å². The van der Waals surface area contributed by atoms with Crippen LogP contribution in [0.1, 0.15) is 278 Å². The predicted octanol–water partition coefficient (Wildman–Crippen LogP) is 17.5. The van der Waals surface area contributed by atoms with E-state index < -0.39 is 67.3 Å². The Balaban J connectivity index is 2.65. The van der Waals surface area contributed by atoms with Crippen molar-refractivity contribution in [1.82, 2.24) is 0 Å². The van der Waals surface area contributed by atoms with E-state index >= 15 is 0 Å².